The molecule has 2 aromatic carbocycles. The van der Waals surface area contributed by atoms with Crippen molar-refractivity contribution < 1.29 is 19.1 Å². The van der Waals surface area contributed by atoms with Gasteiger partial charge in [-0.3, -0.25) is 4.57 Å². The molecule has 0 bridgehead atoms. The van der Waals surface area contributed by atoms with Gasteiger partial charge in [0.2, 0.25) is 0 Å². The maximum atomic E-state index is 12.3. The molecule has 3 aromatic rings. The Morgan fingerprint density at radius 2 is 1.84 bits per heavy atom. The molecular weight excluding hydrogens is 392 g/mol. The molecule has 3 rings (SSSR count). The second-order valence-corrected chi connectivity index (χ2v) is 8.16. The van der Waals surface area contributed by atoms with Crippen LogP contribution in [0.5, 0.6) is 0 Å². The molecule has 1 aromatic heterocycles. The highest BCUT2D eigenvalue weighted by Crippen LogP contribution is 2.20. The number of ether oxygens (including phenoxy) is 2. The normalized spacial score (nSPS) is 11.6. The fourth-order valence-corrected chi connectivity index (χ4v) is 2.99. The number of amides is 1. The van der Waals surface area contributed by atoms with E-state index in [2.05, 4.69) is 5.32 Å². The lowest BCUT2D eigenvalue weighted by Crippen LogP contribution is -2.26. The summed E-state index contributed by atoms with van der Waals surface area (Å²) in [6.45, 7) is 6.28. The summed E-state index contributed by atoms with van der Waals surface area (Å²) in [6.07, 6.45) is 5.55. The van der Waals surface area contributed by atoms with Crippen molar-refractivity contribution in [2.45, 2.75) is 39.4 Å². The first-order valence-corrected chi connectivity index (χ1v) is 10.3. The fraction of sp³-hybridized carbons (Fsp3) is 0.280. The van der Waals surface area contributed by atoms with Crippen LogP contribution in [-0.4, -0.2) is 28.9 Å². The van der Waals surface area contributed by atoms with Crippen molar-refractivity contribution in [3.05, 3.63) is 78.0 Å². The van der Waals surface area contributed by atoms with Gasteiger partial charge in [0.1, 0.15) is 12.2 Å². The molecular formula is C25H28N2O4. The van der Waals surface area contributed by atoms with Crippen LogP contribution in [0.1, 0.15) is 38.3 Å². The average Bonchev–Trinajstić information content (AvgIpc) is 3.15. The number of fused-ring (bicyclic) bond motifs is 1. The molecule has 1 N–H and O–H groups in total. The molecule has 0 aliphatic heterocycles. The molecule has 0 aliphatic rings. The third-order valence-electron chi connectivity index (χ3n) is 4.41. The topological polar surface area (TPSA) is 69.6 Å². The summed E-state index contributed by atoms with van der Waals surface area (Å²) in [5.74, 6) is 0. The van der Waals surface area contributed by atoms with Gasteiger partial charge in [-0.15, -0.1) is 0 Å². The van der Waals surface area contributed by atoms with E-state index in [0.29, 0.717) is 13.0 Å². The number of rotatable bonds is 6. The minimum absolute atomic E-state index is 0.255. The highest BCUT2D eigenvalue weighted by atomic mass is 16.6. The van der Waals surface area contributed by atoms with E-state index in [-0.39, 0.29) is 6.61 Å². The van der Waals surface area contributed by atoms with Gasteiger partial charge in [-0.25, -0.2) is 9.59 Å². The smallest absolute Gasteiger partial charge is 0.418 e. The highest BCUT2D eigenvalue weighted by Gasteiger charge is 2.18. The van der Waals surface area contributed by atoms with Crippen LogP contribution in [0, 0.1) is 0 Å². The highest BCUT2D eigenvalue weighted by molar-refractivity contribution is 5.90. The van der Waals surface area contributed by atoms with E-state index in [1.165, 1.54) is 4.57 Å². The molecule has 0 saturated heterocycles. The van der Waals surface area contributed by atoms with Crippen molar-refractivity contribution in [2.75, 3.05) is 6.54 Å². The first-order chi connectivity index (χ1) is 14.8. The number of carbonyl (C=O) groups excluding carboxylic acids is 2. The molecule has 31 heavy (non-hydrogen) atoms. The van der Waals surface area contributed by atoms with Gasteiger partial charge in [0.15, 0.2) is 0 Å². The van der Waals surface area contributed by atoms with Crippen LogP contribution < -0.4 is 5.32 Å². The predicted molar refractivity (Wildman–Crippen MR) is 122 cm³/mol. The van der Waals surface area contributed by atoms with E-state index in [0.717, 1.165) is 22.0 Å². The number of nitrogens with one attached hydrogen (secondary N) is 1. The van der Waals surface area contributed by atoms with Crippen LogP contribution in [-0.2, 0) is 16.1 Å². The largest absolute Gasteiger partial charge is 0.445 e. The van der Waals surface area contributed by atoms with Crippen LogP contribution in [0.3, 0.4) is 0 Å². The minimum atomic E-state index is -0.543. The molecule has 0 spiro atoms. The molecule has 162 valence electrons. The predicted octanol–water partition coefficient (Wildman–Crippen LogP) is 5.75. The van der Waals surface area contributed by atoms with Crippen LogP contribution in [0.4, 0.5) is 9.59 Å². The Kier molecular flexibility index (Phi) is 7.13. The van der Waals surface area contributed by atoms with Gasteiger partial charge in [0.05, 0.1) is 5.52 Å². The zero-order chi connectivity index (χ0) is 22.3. The van der Waals surface area contributed by atoms with E-state index in [1.54, 1.807) is 6.20 Å². The zero-order valence-electron chi connectivity index (χ0n) is 18.1. The quantitative estimate of drug-likeness (QED) is 0.515. The van der Waals surface area contributed by atoms with Gasteiger partial charge in [0, 0.05) is 18.1 Å². The van der Waals surface area contributed by atoms with Crippen molar-refractivity contribution in [3.8, 4) is 0 Å². The third kappa shape index (κ3) is 6.74. The maximum Gasteiger partial charge on any atom is 0.418 e. The number of alkyl carbamates (subject to hydrolysis) is 1. The molecule has 6 heteroatoms. The molecule has 6 nitrogen and oxygen atoms in total. The number of carbonyl (C=O) groups is 2. The molecule has 1 amide bonds. The van der Waals surface area contributed by atoms with Gasteiger partial charge >= 0.3 is 12.2 Å². The Balaban J connectivity index is 1.47. The summed E-state index contributed by atoms with van der Waals surface area (Å²) in [6, 6.07) is 17.3. The summed E-state index contributed by atoms with van der Waals surface area (Å²) in [5, 5.41) is 3.69. The van der Waals surface area contributed by atoms with Crippen molar-refractivity contribution in [1.82, 2.24) is 9.88 Å². The Bertz CT molecular complexity index is 1060. The number of benzene rings is 2. The molecule has 0 aliphatic carbocycles. The van der Waals surface area contributed by atoms with Crippen LogP contribution in [0.15, 0.2) is 66.9 Å². The van der Waals surface area contributed by atoms with E-state index < -0.39 is 17.8 Å². The lowest BCUT2D eigenvalue weighted by Gasteiger charge is -2.19. The standard InChI is InChI=1S/C25H28N2O4/c1-25(2,3)31-24(29)27-16-14-21-17-19(12-13-22(21)27)9-7-8-15-26-23(28)30-18-20-10-5-4-6-11-20/h4-7,9-14,16-17H,8,15,18H2,1-3H3,(H,26,28). The number of aromatic nitrogens is 1. The Morgan fingerprint density at radius 1 is 1.06 bits per heavy atom. The summed E-state index contributed by atoms with van der Waals surface area (Å²) in [5.41, 5.74) is 2.22. The molecule has 0 atom stereocenters. The van der Waals surface area contributed by atoms with E-state index >= 15 is 0 Å². The van der Waals surface area contributed by atoms with E-state index in [9.17, 15) is 9.59 Å². The number of hydrogen-bond donors (Lipinski definition) is 1. The summed E-state index contributed by atoms with van der Waals surface area (Å²) < 4.78 is 12.1. The van der Waals surface area contributed by atoms with Crippen molar-refractivity contribution in [1.29, 1.82) is 0 Å². The minimum Gasteiger partial charge on any atom is -0.445 e. The Labute approximate surface area is 182 Å². The molecule has 1 heterocycles. The van der Waals surface area contributed by atoms with E-state index in [4.69, 9.17) is 9.47 Å². The zero-order valence-corrected chi connectivity index (χ0v) is 18.1. The van der Waals surface area contributed by atoms with E-state index in [1.807, 2.05) is 87.5 Å². The van der Waals surface area contributed by atoms with Crippen LogP contribution in [0.2, 0.25) is 0 Å². The second kappa shape index (κ2) is 9.98. The van der Waals surface area contributed by atoms with Gasteiger partial charge in [-0.2, -0.15) is 0 Å². The third-order valence-corrected chi connectivity index (χ3v) is 4.41. The Morgan fingerprint density at radius 3 is 2.58 bits per heavy atom. The SMILES string of the molecule is CC(C)(C)OC(=O)n1ccc2cc(C=CCCNC(=O)OCc3ccccc3)ccc21. The monoisotopic (exact) mass is 420 g/mol. The van der Waals surface area contributed by atoms with Gasteiger partial charge in [0.25, 0.3) is 0 Å². The van der Waals surface area contributed by atoms with Crippen molar-refractivity contribution >= 4 is 29.2 Å². The summed E-state index contributed by atoms with van der Waals surface area (Å²) in [7, 11) is 0. The summed E-state index contributed by atoms with van der Waals surface area (Å²) in [4.78, 5) is 24.1. The van der Waals surface area contributed by atoms with Crippen molar-refractivity contribution in [2.24, 2.45) is 0 Å². The molecule has 0 unspecified atom stereocenters. The van der Waals surface area contributed by atoms with Crippen molar-refractivity contribution in [3.63, 3.8) is 0 Å². The lowest BCUT2D eigenvalue weighted by atomic mass is 10.1. The maximum absolute atomic E-state index is 12.3. The fourth-order valence-electron chi connectivity index (χ4n) is 2.99. The van der Waals surface area contributed by atoms with Gasteiger partial charge < -0.3 is 14.8 Å². The average molecular weight is 421 g/mol. The lowest BCUT2D eigenvalue weighted by molar-refractivity contribution is 0.0544. The van der Waals surface area contributed by atoms with Crippen LogP contribution >= 0.6 is 0 Å². The number of hydrogen-bond acceptors (Lipinski definition) is 4. The summed E-state index contributed by atoms with van der Waals surface area (Å²) >= 11 is 0. The van der Waals surface area contributed by atoms with Gasteiger partial charge in [-0.05, 0) is 56.5 Å². The molecule has 0 radical (unpaired) electrons. The van der Waals surface area contributed by atoms with Crippen LogP contribution in [0.25, 0.3) is 17.0 Å². The first kappa shape index (κ1) is 22.2. The number of nitrogens with zero attached hydrogens (tertiary/aromatic N) is 1. The molecule has 0 fully saturated rings. The molecule has 0 saturated carbocycles. The second-order valence-electron chi connectivity index (χ2n) is 8.16. The first-order valence-electron chi connectivity index (χ1n) is 10.3. The van der Waals surface area contributed by atoms with Gasteiger partial charge in [-0.1, -0.05) is 48.6 Å². The Hall–Kier alpha value is -3.54.